The minimum Gasteiger partial charge on any atom is -0.338 e. The summed E-state index contributed by atoms with van der Waals surface area (Å²) < 4.78 is 32.8. The number of hydrogen-bond acceptors (Lipinski definition) is 6. The number of fused-ring (bicyclic) bond motifs is 1. The first-order chi connectivity index (χ1) is 12.4. The first-order valence-corrected chi connectivity index (χ1v) is 10.6. The van der Waals surface area contributed by atoms with Gasteiger partial charge in [0.05, 0.1) is 10.9 Å². The molecule has 1 atom stereocenters. The lowest BCUT2D eigenvalue weighted by Gasteiger charge is -2.36. The molecule has 2 aromatic rings. The van der Waals surface area contributed by atoms with Gasteiger partial charge in [0.15, 0.2) is 5.82 Å². The Morgan fingerprint density at radius 3 is 2.54 bits per heavy atom. The van der Waals surface area contributed by atoms with Crippen LogP contribution in [0, 0.1) is 6.92 Å². The Morgan fingerprint density at radius 1 is 1.12 bits per heavy atom. The van der Waals surface area contributed by atoms with Gasteiger partial charge in [0.1, 0.15) is 0 Å². The number of benzene rings is 1. The van der Waals surface area contributed by atoms with E-state index in [4.69, 9.17) is 4.52 Å². The van der Waals surface area contributed by atoms with Crippen LogP contribution in [0.3, 0.4) is 0 Å². The largest absolute Gasteiger partial charge is 0.338 e. The van der Waals surface area contributed by atoms with E-state index in [0.29, 0.717) is 42.8 Å². The summed E-state index contributed by atoms with van der Waals surface area (Å²) in [5.41, 5.74) is 2.47. The quantitative estimate of drug-likeness (QED) is 0.811. The third-order valence-electron chi connectivity index (χ3n) is 5.43. The molecule has 8 heteroatoms. The van der Waals surface area contributed by atoms with Gasteiger partial charge in [0, 0.05) is 26.2 Å². The summed E-state index contributed by atoms with van der Waals surface area (Å²) >= 11 is 0. The van der Waals surface area contributed by atoms with Gasteiger partial charge in [-0.2, -0.15) is 9.29 Å². The fourth-order valence-corrected chi connectivity index (χ4v) is 5.30. The van der Waals surface area contributed by atoms with Crippen LogP contribution in [0.15, 0.2) is 27.6 Å². The van der Waals surface area contributed by atoms with Crippen molar-refractivity contribution in [3.8, 4) is 0 Å². The molecule has 4 rings (SSSR count). The first kappa shape index (κ1) is 17.6. The molecule has 140 valence electrons. The van der Waals surface area contributed by atoms with Crippen LogP contribution in [0.2, 0.25) is 0 Å². The molecule has 0 radical (unpaired) electrons. The Kier molecular flexibility index (Phi) is 4.58. The molecule has 0 bridgehead atoms. The van der Waals surface area contributed by atoms with Gasteiger partial charge in [-0.25, -0.2) is 8.42 Å². The molecule has 1 saturated heterocycles. The number of sulfonamides is 1. The third-order valence-corrected chi connectivity index (χ3v) is 7.32. The molecule has 1 fully saturated rings. The average Bonchev–Trinajstić information content (AvgIpc) is 3.29. The molecule has 1 aromatic carbocycles. The van der Waals surface area contributed by atoms with Crippen LogP contribution in [0.1, 0.15) is 42.2 Å². The van der Waals surface area contributed by atoms with Crippen molar-refractivity contribution in [3.05, 3.63) is 41.0 Å². The minimum atomic E-state index is -3.44. The number of nitrogens with zero attached hydrogens (tertiary/aromatic N) is 4. The van der Waals surface area contributed by atoms with Crippen molar-refractivity contribution >= 4 is 10.0 Å². The van der Waals surface area contributed by atoms with E-state index in [1.54, 1.807) is 17.3 Å². The topological polar surface area (TPSA) is 79.5 Å². The van der Waals surface area contributed by atoms with Crippen molar-refractivity contribution in [2.45, 2.75) is 44.0 Å². The van der Waals surface area contributed by atoms with E-state index in [-0.39, 0.29) is 6.04 Å². The Bertz CT molecular complexity index is 901. The van der Waals surface area contributed by atoms with Gasteiger partial charge in [0.25, 0.3) is 0 Å². The van der Waals surface area contributed by atoms with E-state index in [0.717, 1.165) is 19.3 Å². The van der Waals surface area contributed by atoms with Crippen LogP contribution < -0.4 is 0 Å². The average molecular weight is 376 g/mol. The van der Waals surface area contributed by atoms with Gasteiger partial charge in [-0.3, -0.25) is 4.90 Å². The second kappa shape index (κ2) is 6.75. The zero-order chi connectivity index (χ0) is 18.3. The van der Waals surface area contributed by atoms with E-state index in [1.165, 1.54) is 11.1 Å². The number of rotatable bonds is 4. The minimum absolute atomic E-state index is 0.0129. The molecular formula is C18H24N4O3S. The maximum Gasteiger partial charge on any atom is 0.243 e. The van der Waals surface area contributed by atoms with Crippen LogP contribution in [-0.2, 0) is 22.9 Å². The molecule has 1 aliphatic heterocycles. The van der Waals surface area contributed by atoms with Crippen LogP contribution in [-0.4, -0.2) is 53.9 Å². The zero-order valence-electron chi connectivity index (χ0n) is 15.2. The predicted molar refractivity (Wildman–Crippen MR) is 96.2 cm³/mol. The zero-order valence-corrected chi connectivity index (χ0v) is 16.0. The molecule has 7 nitrogen and oxygen atoms in total. The molecule has 0 N–H and O–H groups in total. The molecule has 1 aliphatic carbocycles. The summed E-state index contributed by atoms with van der Waals surface area (Å²) in [4.78, 5) is 6.89. The predicted octanol–water partition coefficient (Wildman–Crippen LogP) is 1.93. The molecule has 0 spiro atoms. The summed E-state index contributed by atoms with van der Waals surface area (Å²) in [6.07, 6.45) is 3.15. The summed E-state index contributed by atoms with van der Waals surface area (Å²) in [5.74, 6) is 1.20. The van der Waals surface area contributed by atoms with Gasteiger partial charge in [0.2, 0.25) is 15.9 Å². The second-order valence-corrected chi connectivity index (χ2v) is 9.02. The van der Waals surface area contributed by atoms with E-state index >= 15 is 0 Å². The normalized spacial score (nSPS) is 20.2. The van der Waals surface area contributed by atoms with Crippen LogP contribution >= 0.6 is 0 Å². The maximum atomic E-state index is 13.0. The highest BCUT2D eigenvalue weighted by atomic mass is 32.2. The number of aryl methyl sites for hydroxylation is 3. The maximum absolute atomic E-state index is 13.0. The first-order valence-electron chi connectivity index (χ1n) is 9.11. The molecule has 0 amide bonds. The molecule has 1 unspecified atom stereocenters. The smallest absolute Gasteiger partial charge is 0.243 e. The Labute approximate surface area is 154 Å². The SMILES string of the molecule is Cc1noc(C(C)N2CCN(S(=O)(=O)c3ccc4c(c3)CCC4)CC2)n1. The number of aromatic nitrogens is 2. The number of hydrogen-bond donors (Lipinski definition) is 0. The van der Waals surface area contributed by atoms with Crippen LogP contribution in [0.4, 0.5) is 0 Å². The van der Waals surface area contributed by atoms with E-state index in [1.807, 2.05) is 19.1 Å². The van der Waals surface area contributed by atoms with E-state index in [2.05, 4.69) is 15.0 Å². The Hall–Kier alpha value is -1.77. The lowest BCUT2D eigenvalue weighted by Crippen LogP contribution is -2.49. The van der Waals surface area contributed by atoms with Gasteiger partial charge in [-0.15, -0.1) is 0 Å². The Balaban J connectivity index is 1.45. The summed E-state index contributed by atoms with van der Waals surface area (Å²) in [5, 5.41) is 3.84. The summed E-state index contributed by atoms with van der Waals surface area (Å²) in [6.45, 7) is 6.03. The standard InChI is InChI=1S/C18H24N4O3S/c1-13(18-19-14(2)20-25-18)21-8-10-22(11-9-21)26(23,24)17-7-6-15-4-3-5-16(15)12-17/h6-7,12-13H,3-5,8-11H2,1-2H3. The van der Waals surface area contributed by atoms with Crippen LogP contribution in [0.5, 0.6) is 0 Å². The molecule has 0 saturated carbocycles. The van der Waals surface area contributed by atoms with Crippen molar-refractivity contribution in [1.29, 1.82) is 0 Å². The fraction of sp³-hybridized carbons (Fsp3) is 0.556. The highest BCUT2D eigenvalue weighted by molar-refractivity contribution is 7.89. The molecule has 26 heavy (non-hydrogen) atoms. The lowest BCUT2D eigenvalue weighted by molar-refractivity contribution is 0.124. The van der Waals surface area contributed by atoms with Gasteiger partial charge < -0.3 is 4.52 Å². The lowest BCUT2D eigenvalue weighted by atomic mass is 10.1. The van der Waals surface area contributed by atoms with Crippen LogP contribution in [0.25, 0.3) is 0 Å². The van der Waals surface area contributed by atoms with E-state index in [9.17, 15) is 8.42 Å². The molecule has 2 aliphatic rings. The van der Waals surface area contributed by atoms with Gasteiger partial charge in [-0.1, -0.05) is 11.2 Å². The highest BCUT2D eigenvalue weighted by Gasteiger charge is 2.32. The molecule has 1 aromatic heterocycles. The van der Waals surface area contributed by atoms with Crippen molar-refractivity contribution in [2.24, 2.45) is 0 Å². The van der Waals surface area contributed by atoms with Crippen molar-refractivity contribution in [3.63, 3.8) is 0 Å². The van der Waals surface area contributed by atoms with Crippen molar-refractivity contribution in [1.82, 2.24) is 19.3 Å². The third kappa shape index (κ3) is 3.17. The van der Waals surface area contributed by atoms with Gasteiger partial charge in [-0.05, 0) is 56.4 Å². The summed E-state index contributed by atoms with van der Waals surface area (Å²) in [6, 6.07) is 5.59. The monoisotopic (exact) mass is 376 g/mol. The molecular weight excluding hydrogens is 352 g/mol. The van der Waals surface area contributed by atoms with Crippen molar-refractivity contribution in [2.75, 3.05) is 26.2 Å². The van der Waals surface area contributed by atoms with E-state index < -0.39 is 10.0 Å². The summed E-state index contributed by atoms with van der Waals surface area (Å²) in [7, 11) is -3.44. The van der Waals surface area contributed by atoms with Gasteiger partial charge >= 0.3 is 0 Å². The highest BCUT2D eigenvalue weighted by Crippen LogP contribution is 2.27. The fourth-order valence-electron chi connectivity index (χ4n) is 3.83. The second-order valence-electron chi connectivity index (χ2n) is 7.08. The number of piperazine rings is 1. The Morgan fingerprint density at radius 2 is 1.85 bits per heavy atom. The van der Waals surface area contributed by atoms with Crippen molar-refractivity contribution < 1.29 is 12.9 Å². The molecule has 2 heterocycles.